The van der Waals surface area contributed by atoms with Gasteiger partial charge in [0, 0.05) is 39.3 Å². The number of nitrogens with zero attached hydrogens (tertiary/aromatic N) is 2. The Morgan fingerprint density at radius 3 is 2.09 bits per heavy atom. The molecule has 0 aromatic heterocycles. The summed E-state index contributed by atoms with van der Waals surface area (Å²) in [5, 5.41) is 8.73. The molecule has 0 amide bonds. The van der Waals surface area contributed by atoms with Gasteiger partial charge in [-0.05, 0) is 16.5 Å². The molecule has 0 saturated carbocycles. The maximum absolute atomic E-state index is 10.6. The van der Waals surface area contributed by atoms with E-state index < -0.39 is 5.97 Å². The molecule has 1 heterocycles. The molecule has 4 heteroatoms. The molecule has 4 nitrogen and oxygen atoms in total. The maximum atomic E-state index is 10.6. The standard InChI is InChI=1S/C18H28N2O2/c1-18(2,3)16-6-4-15(5-7-16)14-20-12-10-19(11-13-20)9-8-17(21)22/h4-7H,8-14H2,1-3H3,(H,21,22). The van der Waals surface area contributed by atoms with Crippen molar-refractivity contribution in [2.24, 2.45) is 0 Å². The molecular formula is C18H28N2O2. The number of carbonyl (C=O) groups is 1. The van der Waals surface area contributed by atoms with E-state index >= 15 is 0 Å². The fourth-order valence-electron chi connectivity index (χ4n) is 2.79. The molecule has 1 N–H and O–H groups in total. The molecule has 0 spiro atoms. The second-order valence-corrected chi connectivity index (χ2v) is 7.21. The summed E-state index contributed by atoms with van der Waals surface area (Å²) in [4.78, 5) is 15.3. The number of carboxylic acids is 1. The van der Waals surface area contributed by atoms with Crippen molar-refractivity contribution in [3.63, 3.8) is 0 Å². The third kappa shape index (κ3) is 5.11. The molecule has 1 aromatic rings. The summed E-state index contributed by atoms with van der Waals surface area (Å²) >= 11 is 0. The molecule has 0 aliphatic carbocycles. The molecule has 1 fully saturated rings. The van der Waals surface area contributed by atoms with Crippen molar-refractivity contribution in [1.82, 2.24) is 9.80 Å². The van der Waals surface area contributed by atoms with Crippen LogP contribution in [0.5, 0.6) is 0 Å². The van der Waals surface area contributed by atoms with Crippen LogP contribution in [0, 0.1) is 0 Å². The van der Waals surface area contributed by atoms with Crippen molar-refractivity contribution < 1.29 is 9.90 Å². The molecule has 1 aromatic carbocycles. The van der Waals surface area contributed by atoms with E-state index in [-0.39, 0.29) is 11.8 Å². The minimum atomic E-state index is -0.707. The van der Waals surface area contributed by atoms with Crippen molar-refractivity contribution >= 4 is 5.97 Å². The monoisotopic (exact) mass is 304 g/mol. The van der Waals surface area contributed by atoms with Gasteiger partial charge in [0.15, 0.2) is 0 Å². The third-order valence-corrected chi connectivity index (χ3v) is 4.33. The molecular weight excluding hydrogens is 276 g/mol. The molecule has 2 rings (SSSR count). The van der Waals surface area contributed by atoms with Crippen LogP contribution < -0.4 is 0 Å². The van der Waals surface area contributed by atoms with Gasteiger partial charge in [-0.2, -0.15) is 0 Å². The zero-order valence-electron chi connectivity index (χ0n) is 14.0. The summed E-state index contributed by atoms with van der Waals surface area (Å²) in [5.74, 6) is -0.707. The second-order valence-electron chi connectivity index (χ2n) is 7.21. The first-order valence-corrected chi connectivity index (χ1v) is 8.10. The van der Waals surface area contributed by atoms with Gasteiger partial charge in [0.1, 0.15) is 0 Å². The predicted octanol–water partition coefficient (Wildman–Crippen LogP) is 2.58. The first-order chi connectivity index (χ1) is 10.3. The molecule has 0 radical (unpaired) electrons. The van der Waals surface area contributed by atoms with Crippen molar-refractivity contribution in [2.75, 3.05) is 32.7 Å². The lowest BCUT2D eigenvalue weighted by Crippen LogP contribution is -2.46. The van der Waals surface area contributed by atoms with Crippen molar-refractivity contribution in [1.29, 1.82) is 0 Å². The highest BCUT2D eigenvalue weighted by Gasteiger charge is 2.18. The second kappa shape index (κ2) is 7.25. The zero-order chi connectivity index (χ0) is 16.2. The number of carboxylic acid groups (broad SMARTS) is 1. The van der Waals surface area contributed by atoms with Gasteiger partial charge in [-0.1, -0.05) is 45.0 Å². The van der Waals surface area contributed by atoms with Crippen LogP contribution in [-0.2, 0) is 16.8 Å². The summed E-state index contributed by atoms with van der Waals surface area (Å²) in [6.45, 7) is 12.3. The Hall–Kier alpha value is -1.39. The summed E-state index contributed by atoms with van der Waals surface area (Å²) in [5.41, 5.74) is 2.93. The summed E-state index contributed by atoms with van der Waals surface area (Å²) in [7, 11) is 0. The Morgan fingerprint density at radius 2 is 1.59 bits per heavy atom. The van der Waals surface area contributed by atoms with Crippen LogP contribution in [-0.4, -0.2) is 53.6 Å². The van der Waals surface area contributed by atoms with Gasteiger partial charge in [-0.25, -0.2) is 0 Å². The molecule has 1 aliphatic rings. The van der Waals surface area contributed by atoms with Crippen LogP contribution in [0.15, 0.2) is 24.3 Å². The number of aliphatic carboxylic acids is 1. The van der Waals surface area contributed by atoms with Crippen LogP contribution in [0.3, 0.4) is 0 Å². The lowest BCUT2D eigenvalue weighted by Gasteiger charge is -2.34. The van der Waals surface area contributed by atoms with Gasteiger partial charge in [-0.15, -0.1) is 0 Å². The Labute approximate surface area is 133 Å². The summed E-state index contributed by atoms with van der Waals surface area (Å²) in [6.07, 6.45) is 0.244. The van der Waals surface area contributed by atoms with Gasteiger partial charge in [-0.3, -0.25) is 9.69 Å². The average Bonchev–Trinajstić information content (AvgIpc) is 2.46. The SMILES string of the molecule is CC(C)(C)c1ccc(CN2CCN(CCC(=O)O)CC2)cc1. The lowest BCUT2D eigenvalue weighted by atomic mass is 9.87. The van der Waals surface area contributed by atoms with Crippen LogP contribution in [0.2, 0.25) is 0 Å². The normalized spacial score (nSPS) is 17.6. The van der Waals surface area contributed by atoms with E-state index in [1.165, 1.54) is 11.1 Å². The maximum Gasteiger partial charge on any atom is 0.304 e. The van der Waals surface area contributed by atoms with E-state index in [2.05, 4.69) is 54.8 Å². The fraction of sp³-hybridized carbons (Fsp3) is 0.611. The Kier molecular flexibility index (Phi) is 5.59. The summed E-state index contributed by atoms with van der Waals surface area (Å²) in [6, 6.07) is 8.94. The smallest absolute Gasteiger partial charge is 0.304 e. The quantitative estimate of drug-likeness (QED) is 0.908. The highest BCUT2D eigenvalue weighted by atomic mass is 16.4. The molecule has 1 saturated heterocycles. The summed E-state index contributed by atoms with van der Waals surface area (Å²) < 4.78 is 0. The van der Waals surface area contributed by atoms with E-state index in [4.69, 9.17) is 5.11 Å². The van der Waals surface area contributed by atoms with Crippen molar-refractivity contribution in [3.8, 4) is 0 Å². The number of hydrogen-bond donors (Lipinski definition) is 1. The zero-order valence-corrected chi connectivity index (χ0v) is 14.0. The number of rotatable bonds is 5. The highest BCUT2D eigenvalue weighted by molar-refractivity contribution is 5.66. The number of hydrogen-bond acceptors (Lipinski definition) is 3. The van der Waals surface area contributed by atoms with E-state index in [1.54, 1.807) is 0 Å². The average molecular weight is 304 g/mol. The van der Waals surface area contributed by atoms with E-state index in [1.807, 2.05) is 0 Å². The van der Waals surface area contributed by atoms with Gasteiger partial charge in [0.25, 0.3) is 0 Å². The highest BCUT2D eigenvalue weighted by Crippen LogP contribution is 2.22. The molecule has 0 atom stereocenters. The number of benzene rings is 1. The van der Waals surface area contributed by atoms with Crippen LogP contribution in [0.25, 0.3) is 0 Å². The van der Waals surface area contributed by atoms with Crippen molar-refractivity contribution in [3.05, 3.63) is 35.4 Å². The molecule has 122 valence electrons. The van der Waals surface area contributed by atoms with Gasteiger partial charge >= 0.3 is 5.97 Å². The first-order valence-electron chi connectivity index (χ1n) is 8.10. The minimum Gasteiger partial charge on any atom is -0.481 e. The van der Waals surface area contributed by atoms with E-state index in [9.17, 15) is 4.79 Å². The Balaban J connectivity index is 1.80. The fourth-order valence-corrected chi connectivity index (χ4v) is 2.79. The molecule has 1 aliphatic heterocycles. The topological polar surface area (TPSA) is 43.8 Å². The number of piperazine rings is 1. The van der Waals surface area contributed by atoms with E-state index in [0.29, 0.717) is 6.54 Å². The Morgan fingerprint density at radius 1 is 1.05 bits per heavy atom. The van der Waals surface area contributed by atoms with Gasteiger partial charge < -0.3 is 10.0 Å². The Bertz CT molecular complexity index is 483. The lowest BCUT2D eigenvalue weighted by molar-refractivity contribution is -0.137. The minimum absolute atomic E-state index is 0.203. The first kappa shape index (κ1) is 17.0. The van der Waals surface area contributed by atoms with E-state index in [0.717, 1.165) is 32.7 Å². The van der Waals surface area contributed by atoms with Gasteiger partial charge in [0.2, 0.25) is 0 Å². The van der Waals surface area contributed by atoms with Crippen LogP contribution in [0.4, 0.5) is 0 Å². The van der Waals surface area contributed by atoms with Gasteiger partial charge in [0.05, 0.1) is 6.42 Å². The van der Waals surface area contributed by atoms with Crippen LogP contribution >= 0.6 is 0 Å². The third-order valence-electron chi connectivity index (χ3n) is 4.33. The van der Waals surface area contributed by atoms with Crippen LogP contribution in [0.1, 0.15) is 38.3 Å². The van der Waals surface area contributed by atoms with Crippen molar-refractivity contribution in [2.45, 2.75) is 39.2 Å². The predicted molar refractivity (Wildman–Crippen MR) is 89.1 cm³/mol. The largest absolute Gasteiger partial charge is 0.481 e. The molecule has 0 unspecified atom stereocenters. The molecule has 22 heavy (non-hydrogen) atoms. The molecule has 0 bridgehead atoms.